The fraction of sp³-hybridized carbons (Fsp3) is 0.167. The molecule has 0 bridgehead atoms. The first-order valence-corrected chi connectivity index (χ1v) is 8.64. The highest BCUT2D eigenvalue weighted by Gasteiger charge is 2.13. The zero-order valence-electron chi connectivity index (χ0n) is 9.93. The topological polar surface area (TPSA) is 57.8 Å². The molecule has 1 amide bonds. The third-order valence-corrected chi connectivity index (χ3v) is 6.28. The lowest BCUT2D eigenvalue weighted by molar-refractivity contribution is 0.0950. The predicted octanol–water partition coefficient (Wildman–Crippen LogP) is 3.46. The zero-order valence-corrected chi connectivity index (χ0v) is 16.4. The van der Waals surface area contributed by atoms with Gasteiger partial charge in [-0.25, -0.2) is 0 Å². The van der Waals surface area contributed by atoms with Gasteiger partial charge in [-0.15, -0.1) is 0 Å². The molecule has 0 aliphatic carbocycles. The van der Waals surface area contributed by atoms with E-state index < -0.39 is 0 Å². The van der Waals surface area contributed by atoms with Gasteiger partial charge in [0.15, 0.2) is 0 Å². The highest BCUT2D eigenvalue weighted by molar-refractivity contribution is 14.1. The van der Waals surface area contributed by atoms with Crippen LogP contribution in [0.25, 0.3) is 0 Å². The van der Waals surface area contributed by atoms with Crippen LogP contribution in [0.15, 0.2) is 18.3 Å². The van der Waals surface area contributed by atoms with Gasteiger partial charge < -0.3 is 5.32 Å². The molecule has 0 saturated heterocycles. The van der Waals surface area contributed by atoms with Crippen LogP contribution in [-0.2, 0) is 6.54 Å². The average Bonchev–Trinajstić information content (AvgIpc) is 2.76. The van der Waals surface area contributed by atoms with Crippen molar-refractivity contribution in [3.63, 3.8) is 0 Å². The van der Waals surface area contributed by atoms with E-state index in [0.717, 1.165) is 27.5 Å². The molecule has 0 radical (unpaired) electrons. The van der Waals surface area contributed by atoms with Crippen LogP contribution in [0.2, 0.25) is 0 Å². The number of hydrogen-bond donors (Lipinski definition) is 2. The Morgan fingerprint density at radius 3 is 2.74 bits per heavy atom. The minimum absolute atomic E-state index is 0.0542. The van der Waals surface area contributed by atoms with Gasteiger partial charge in [0.05, 0.1) is 11.8 Å². The molecule has 2 N–H and O–H groups in total. The van der Waals surface area contributed by atoms with E-state index in [0.29, 0.717) is 6.54 Å². The number of halogens is 3. The van der Waals surface area contributed by atoms with Crippen molar-refractivity contribution in [2.75, 3.05) is 0 Å². The van der Waals surface area contributed by atoms with Crippen molar-refractivity contribution in [3.8, 4) is 0 Å². The number of rotatable bonds is 3. The molecule has 1 heterocycles. The summed E-state index contributed by atoms with van der Waals surface area (Å²) in [6, 6.07) is 3.96. The number of H-pyrrole nitrogens is 1. The number of benzene rings is 1. The number of aromatic amines is 1. The number of nitrogens with one attached hydrogen (secondary N) is 2. The van der Waals surface area contributed by atoms with Crippen LogP contribution < -0.4 is 5.32 Å². The minimum Gasteiger partial charge on any atom is -0.348 e. The van der Waals surface area contributed by atoms with Crippen molar-refractivity contribution in [3.05, 3.63) is 45.9 Å². The van der Waals surface area contributed by atoms with Gasteiger partial charge in [0.2, 0.25) is 0 Å². The molecule has 100 valence electrons. The summed E-state index contributed by atoms with van der Waals surface area (Å²) in [7, 11) is 0. The largest absolute Gasteiger partial charge is 0.348 e. The molecule has 1 aromatic heterocycles. The SMILES string of the molecule is Cc1[nH]ncc1CNC(=O)c1cc(I)cc(I)c1I. The van der Waals surface area contributed by atoms with Crippen LogP contribution in [0.4, 0.5) is 0 Å². The molecule has 2 aromatic rings. The van der Waals surface area contributed by atoms with Gasteiger partial charge >= 0.3 is 0 Å². The summed E-state index contributed by atoms with van der Waals surface area (Å²) in [4.78, 5) is 12.2. The molecule has 0 aliphatic rings. The van der Waals surface area contributed by atoms with Crippen molar-refractivity contribution < 1.29 is 4.79 Å². The van der Waals surface area contributed by atoms with E-state index in [1.165, 1.54) is 0 Å². The fourth-order valence-corrected chi connectivity index (χ4v) is 3.95. The Labute approximate surface area is 151 Å². The first kappa shape index (κ1) is 15.5. The maximum absolute atomic E-state index is 12.2. The molecule has 0 unspecified atom stereocenters. The van der Waals surface area contributed by atoms with E-state index in [1.54, 1.807) is 6.20 Å². The van der Waals surface area contributed by atoms with Crippen LogP contribution in [0.3, 0.4) is 0 Å². The van der Waals surface area contributed by atoms with Gasteiger partial charge in [0.25, 0.3) is 5.91 Å². The van der Waals surface area contributed by atoms with Gasteiger partial charge in [0.1, 0.15) is 0 Å². The Morgan fingerprint density at radius 2 is 2.11 bits per heavy atom. The second-order valence-electron chi connectivity index (χ2n) is 3.95. The van der Waals surface area contributed by atoms with E-state index in [1.807, 2.05) is 13.0 Å². The summed E-state index contributed by atoms with van der Waals surface area (Å²) in [5, 5.41) is 9.72. The molecular weight excluding hydrogens is 583 g/mol. The number of carbonyl (C=O) groups is 1. The van der Waals surface area contributed by atoms with Crippen LogP contribution >= 0.6 is 67.8 Å². The Hall–Kier alpha value is 0.0900. The number of aryl methyl sites for hydroxylation is 1. The molecule has 7 heteroatoms. The van der Waals surface area contributed by atoms with E-state index >= 15 is 0 Å². The first-order valence-electron chi connectivity index (χ1n) is 5.40. The number of hydrogen-bond acceptors (Lipinski definition) is 2. The summed E-state index contributed by atoms with van der Waals surface area (Å²) in [5.41, 5.74) is 2.70. The average molecular weight is 593 g/mol. The highest BCUT2D eigenvalue weighted by Crippen LogP contribution is 2.22. The van der Waals surface area contributed by atoms with Crippen LogP contribution in [0.1, 0.15) is 21.6 Å². The van der Waals surface area contributed by atoms with Crippen LogP contribution in [0, 0.1) is 17.6 Å². The van der Waals surface area contributed by atoms with Crippen LogP contribution in [-0.4, -0.2) is 16.1 Å². The van der Waals surface area contributed by atoms with E-state index in [9.17, 15) is 4.79 Å². The smallest absolute Gasteiger partial charge is 0.252 e. The normalized spacial score (nSPS) is 10.5. The number of carbonyl (C=O) groups excluding carboxylic acids is 1. The summed E-state index contributed by atoms with van der Waals surface area (Å²) < 4.78 is 3.14. The van der Waals surface area contributed by atoms with Crippen molar-refractivity contribution in [2.24, 2.45) is 0 Å². The fourth-order valence-electron chi connectivity index (χ4n) is 1.55. The third kappa shape index (κ3) is 3.80. The van der Waals surface area contributed by atoms with E-state index in [-0.39, 0.29) is 5.91 Å². The highest BCUT2D eigenvalue weighted by atomic mass is 127. The molecule has 4 nitrogen and oxygen atoms in total. The molecule has 19 heavy (non-hydrogen) atoms. The van der Waals surface area contributed by atoms with Crippen molar-refractivity contribution in [1.82, 2.24) is 15.5 Å². The van der Waals surface area contributed by atoms with E-state index in [2.05, 4.69) is 89.4 Å². The summed E-state index contributed by atoms with van der Waals surface area (Å²) in [6.07, 6.45) is 1.74. The van der Waals surface area contributed by atoms with Gasteiger partial charge in [0, 0.05) is 28.5 Å². The van der Waals surface area contributed by atoms with Gasteiger partial charge in [-0.1, -0.05) is 0 Å². The second kappa shape index (κ2) is 6.70. The monoisotopic (exact) mass is 593 g/mol. The lowest BCUT2D eigenvalue weighted by Gasteiger charge is -2.08. The maximum atomic E-state index is 12.2. The number of amides is 1. The molecule has 0 aliphatic heterocycles. The van der Waals surface area contributed by atoms with Gasteiger partial charge in [-0.3, -0.25) is 9.89 Å². The summed E-state index contributed by atoms with van der Waals surface area (Å²) in [5.74, 6) is -0.0542. The Balaban J connectivity index is 2.15. The lowest BCUT2D eigenvalue weighted by Crippen LogP contribution is -2.24. The molecule has 0 atom stereocenters. The standard InChI is InChI=1S/C12H10I3N3O/c1-6-7(5-17-18-6)4-16-12(19)9-2-8(13)3-10(14)11(9)15/h2-3,5H,4H2,1H3,(H,16,19)(H,17,18). The molecule has 0 saturated carbocycles. The second-order valence-corrected chi connectivity index (χ2v) is 7.44. The lowest BCUT2D eigenvalue weighted by atomic mass is 10.2. The molecule has 0 fully saturated rings. The molecule has 2 rings (SSSR count). The Bertz CT molecular complexity index is 625. The Morgan fingerprint density at radius 1 is 1.37 bits per heavy atom. The summed E-state index contributed by atoms with van der Waals surface area (Å²) in [6.45, 7) is 2.42. The van der Waals surface area contributed by atoms with Crippen LogP contribution in [0.5, 0.6) is 0 Å². The third-order valence-electron chi connectivity index (χ3n) is 2.61. The molecular formula is C12H10I3N3O. The van der Waals surface area contributed by atoms with Crippen molar-refractivity contribution >= 4 is 73.7 Å². The van der Waals surface area contributed by atoms with Crippen molar-refractivity contribution in [1.29, 1.82) is 0 Å². The van der Waals surface area contributed by atoms with Gasteiger partial charge in [-0.05, 0) is 86.8 Å². The quantitative estimate of drug-likeness (QED) is 0.424. The summed E-state index contributed by atoms with van der Waals surface area (Å²) >= 11 is 6.67. The zero-order chi connectivity index (χ0) is 14.0. The minimum atomic E-state index is -0.0542. The van der Waals surface area contributed by atoms with Gasteiger partial charge in [-0.2, -0.15) is 5.10 Å². The predicted molar refractivity (Wildman–Crippen MR) is 99.1 cm³/mol. The van der Waals surface area contributed by atoms with Crippen molar-refractivity contribution in [2.45, 2.75) is 13.5 Å². The molecule has 0 spiro atoms. The number of aromatic nitrogens is 2. The first-order chi connectivity index (χ1) is 8.99. The number of nitrogens with zero attached hydrogens (tertiary/aromatic N) is 1. The molecule has 1 aromatic carbocycles. The Kier molecular flexibility index (Phi) is 5.45. The maximum Gasteiger partial charge on any atom is 0.252 e. The van der Waals surface area contributed by atoms with E-state index in [4.69, 9.17) is 0 Å².